The summed E-state index contributed by atoms with van der Waals surface area (Å²) in [6, 6.07) is 0. The maximum atomic E-state index is 4.50. The van der Waals surface area contributed by atoms with E-state index >= 15 is 0 Å². The minimum Gasteiger partial charge on any atom is -0.366 e. The van der Waals surface area contributed by atoms with Gasteiger partial charge in [-0.1, -0.05) is 6.42 Å². The van der Waals surface area contributed by atoms with Crippen LogP contribution in [0.3, 0.4) is 0 Å². The molecule has 1 aliphatic rings. The summed E-state index contributed by atoms with van der Waals surface area (Å²) in [6.07, 6.45) is 7.87. The van der Waals surface area contributed by atoms with Crippen molar-refractivity contribution in [3.8, 4) is 0 Å². The summed E-state index contributed by atoms with van der Waals surface area (Å²) in [4.78, 5) is 11.4. The highest BCUT2D eigenvalue weighted by atomic mass is 79.9. The topological polar surface area (TPSA) is 45.5 Å². The third kappa shape index (κ3) is 2.96. The first kappa shape index (κ1) is 13.8. The number of halogens is 1. The molecule has 6 heteroatoms. The summed E-state index contributed by atoms with van der Waals surface area (Å²) in [6.45, 7) is 6.48. The smallest absolute Gasteiger partial charge is 0.180 e. The number of hydrogen-bond acceptors (Lipinski definition) is 4. The van der Waals surface area contributed by atoms with E-state index in [0.717, 1.165) is 34.9 Å². The van der Waals surface area contributed by atoms with Crippen LogP contribution in [0.1, 0.15) is 25.0 Å². The second kappa shape index (κ2) is 6.10. The van der Waals surface area contributed by atoms with Crippen molar-refractivity contribution < 1.29 is 0 Å². The Morgan fingerprint density at radius 1 is 1.30 bits per heavy atom. The van der Waals surface area contributed by atoms with Gasteiger partial charge in [-0.05, 0) is 48.8 Å². The quantitative estimate of drug-likeness (QED) is 0.931. The standard InChI is InChI=1S/C14H20BrN5/c1-11-9-17-14-13(18-12(15)10-20(11)14)16-5-8-19-6-3-2-4-7-19/h9-10H,2-8H2,1H3,(H,16,18). The number of imidazole rings is 1. The molecular weight excluding hydrogens is 318 g/mol. The normalized spacial score (nSPS) is 16.7. The molecule has 5 nitrogen and oxygen atoms in total. The van der Waals surface area contributed by atoms with Crippen molar-refractivity contribution in [2.45, 2.75) is 26.2 Å². The van der Waals surface area contributed by atoms with Gasteiger partial charge in [0.15, 0.2) is 11.5 Å². The molecule has 0 aromatic carbocycles. The van der Waals surface area contributed by atoms with Gasteiger partial charge < -0.3 is 10.2 Å². The summed E-state index contributed by atoms with van der Waals surface area (Å²) in [7, 11) is 0. The summed E-state index contributed by atoms with van der Waals surface area (Å²) < 4.78 is 2.88. The number of anilines is 1. The van der Waals surface area contributed by atoms with Crippen molar-refractivity contribution in [2.75, 3.05) is 31.5 Å². The van der Waals surface area contributed by atoms with Crippen LogP contribution in [0.4, 0.5) is 5.82 Å². The zero-order chi connectivity index (χ0) is 13.9. The summed E-state index contributed by atoms with van der Waals surface area (Å²) >= 11 is 3.46. The molecule has 0 aliphatic carbocycles. The SMILES string of the molecule is Cc1cnc2c(NCCN3CCCCC3)nc(Br)cn12. The lowest BCUT2D eigenvalue weighted by Crippen LogP contribution is -2.33. The molecule has 3 rings (SSSR count). The Hall–Kier alpha value is -1.14. The van der Waals surface area contributed by atoms with Gasteiger partial charge in [-0.2, -0.15) is 0 Å². The molecule has 0 unspecified atom stereocenters. The monoisotopic (exact) mass is 337 g/mol. The highest BCUT2D eigenvalue weighted by molar-refractivity contribution is 9.10. The van der Waals surface area contributed by atoms with Crippen molar-refractivity contribution in [3.63, 3.8) is 0 Å². The Bertz CT molecular complexity index is 589. The van der Waals surface area contributed by atoms with Gasteiger partial charge in [0, 0.05) is 31.2 Å². The predicted molar refractivity (Wildman–Crippen MR) is 84.2 cm³/mol. The maximum Gasteiger partial charge on any atom is 0.180 e. The van der Waals surface area contributed by atoms with Crippen LogP contribution in [0.5, 0.6) is 0 Å². The second-order valence-electron chi connectivity index (χ2n) is 5.33. The second-order valence-corrected chi connectivity index (χ2v) is 6.15. The van der Waals surface area contributed by atoms with Crippen LogP contribution >= 0.6 is 15.9 Å². The highest BCUT2D eigenvalue weighted by Crippen LogP contribution is 2.18. The number of likely N-dealkylation sites (tertiary alicyclic amines) is 1. The number of hydrogen-bond donors (Lipinski definition) is 1. The fourth-order valence-corrected chi connectivity index (χ4v) is 3.09. The molecule has 2 aromatic heterocycles. The third-order valence-electron chi connectivity index (χ3n) is 3.82. The van der Waals surface area contributed by atoms with E-state index in [4.69, 9.17) is 0 Å². The molecule has 3 heterocycles. The van der Waals surface area contributed by atoms with Crippen LogP contribution in [0, 0.1) is 6.92 Å². The Kier molecular flexibility index (Phi) is 4.21. The number of piperidine rings is 1. The first-order chi connectivity index (χ1) is 9.74. The average molecular weight is 338 g/mol. The first-order valence-corrected chi connectivity index (χ1v) is 8.00. The van der Waals surface area contributed by atoms with Gasteiger partial charge >= 0.3 is 0 Å². The van der Waals surface area contributed by atoms with Crippen molar-refractivity contribution in [3.05, 3.63) is 22.7 Å². The molecule has 0 atom stereocenters. The van der Waals surface area contributed by atoms with Crippen LogP contribution in [0.25, 0.3) is 5.65 Å². The molecule has 0 radical (unpaired) electrons. The van der Waals surface area contributed by atoms with E-state index in [-0.39, 0.29) is 0 Å². The molecule has 0 spiro atoms. The van der Waals surface area contributed by atoms with E-state index in [2.05, 4.69) is 40.5 Å². The Balaban J connectivity index is 1.67. The number of aryl methyl sites for hydroxylation is 1. The number of nitrogens with one attached hydrogen (secondary N) is 1. The van der Waals surface area contributed by atoms with Gasteiger partial charge in [-0.25, -0.2) is 9.97 Å². The van der Waals surface area contributed by atoms with E-state index in [0.29, 0.717) is 0 Å². The zero-order valence-corrected chi connectivity index (χ0v) is 13.4. The Morgan fingerprint density at radius 2 is 2.10 bits per heavy atom. The van der Waals surface area contributed by atoms with Crippen LogP contribution in [0.15, 0.2) is 17.0 Å². The lowest BCUT2D eigenvalue weighted by molar-refractivity contribution is 0.237. The van der Waals surface area contributed by atoms with Crippen molar-refractivity contribution in [2.24, 2.45) is 0 Å². The van der Waals surface area contributed by atoms with E-state index in [1.165, 1.54) is 32.4 Å². The molecule has 2 aromatic rings. The molecule has 1 aliphatic heterocycles. The van der Waals surface area contributed by atoms with Crippen molar-refractivity contribution in [1.82, 2.24) is 19.3 Å². The van der Waals surface area contributed by atoms with E-state index in [1.54, 1.807) is 0 Å². The Labute approximate surface area is 127 Å². The average Bonchev–Trinajstić information content (AvgIpc) is 2.82. The molecular formula is C14H20BrN5. The van der Waals surface area contributed by atoms with Crippen molar-refractivity contribution >= 4 is 27.4 Å². The third-order valence-corrected chi connectivity index (χ3v) is 4.20. The van der Waals surface area contributed by atoms with Crippen LogP contribution in [-0.4, -0.2) is 45.4 Å². The lowest BCUT2D eigenvalue weighted by Gasteiger charge is -2.26. The maximum absolute atomic E-state index is 4.50. The minimum atomic E-state index is 0.826. The number of aromatic nitrogens is 3. The largest absolute Gasteiger partial charge is 0.366 e. The highest BCUT2D eigenvalue weighted by Gasteiger charge is 2.11. The van der Waals surface area contributed by atoms with Crippen LogP contribution in [0.2, 0.25) is 0 Å². The van der Waals surface area contributed by atoms with Gasteiger partial charge in [0.1, 0.15) is 4.60 Å². The molecule has 108 valence electrons. The first-order valence-electron chi connectivity index (χ1n) is 7.20. The van der Waals surface area contributed by atoms with Gasteiger partial charge in [-0.3, -0.25) is 4.40 Å². The van der Waals surface area contributed by atoms with Crippen LogP contribution < -0.4 is 5.32 Å². The van der Waals surface area contributed by atoms with Gasteiger partial charge in [0.05, 0.1) is 0 Å². The van der Waals surface area contributed by atoms with E-state index < -0.39 is 0 Å². The van der Waals surface area contributed by atoms with Gasteiger partial charge in [0.2, 0.25) is 0 Å². The summed E-state index contributed by atoms with van der Waals surface area (Å²) in [5.41, 5.74) is 2.01. The molecule has 1 N–H and O–H groups in total. The minimum absolute atomic E-state index is 0.826. The fraction of sp³-hybridized carbons (Fsp3) is 0.571. The number of fused-ring (bicyclic) bond motifs is 1. The molecule has 20 heavy (non-hydrogen) atoms. The fourth-order valence-electron chi connectivity index (χ4n) is 2.71. The predicted octanol–water partition coefficient (Wildman–Crippen LogP) is 2.70. The Morgan fingerprint density at radius 3 is 2.90 bits per heavy atom. The van der Waals surface area contributed by atoms with Gasteiger partial charge in [0.25, 0.3) is 0 Å². The number of rotatable bonds is 4. The van der Waals surface area contributed by atoms with Crippen molar-refractivity contribution in [1.29, 1.82) is 0 Å². The molecule has 0 amide bonds. The summed E-state index contributed by atoms with van der Waals surface area (Å²) in [5, 5.41) is 3.42. The lowest BCUT2D eigenvalue weighted by atomic mass is 10.1. The van der Waals surface area contributed by atoms with Crippen LogP contribution in [-0.2, 0) is 0 Å². The van der Waals surface area contributed by atoms with E-state index in [9.17, 15) is 0 Å². The molecule has 0 bridgehead atoms. The molecule has 1 saturated heterocycles. The van der Waals surface area contributed by atoms with Gasteiger partial charge in [-0.15, -0.1) is 0 Å². The zero-order valence-electron chi connectivity index (χ0n) is 11.8. The molecule has 1 fully saturated rings. The number of nitrogens with zero attached hydrogens (tertiary/aromatic N) is 4. The summed E-state index contributed by atoms with van der Waals surface area (Å²) in [5.74, 6) is 0.851. The van der Waals surface area contributed by atoms with E-state index in [1.807, 2.05) is 19.3 Å². The molecule has 0 saturated carbocycles.